The Balaban J connectivity index is 1.67. The molecule has 0 spiro atoms. The van der Waals surface area contributed by atoms with Gasteiger partial charge in [-0.15, -0.1) is 10.2 Å². The maximum Gasteiger partial charge on any atom is 0.250 e. The fourth-order valence-electron chi connectivity index (χ4n) is 2.06. The number of amides is 1. The summed E-state index contributed by atoms with van der Waals surface area (Å²) in [6.07, 6.45) is 5.45. The number of methoxy groups -OCH3 is 2. The first kappa shape index (κ1) is 15.5. The summed E-state index contributed by atoms with van der Waals surface area (Å²) in [6, 6.07) is 5.40. The van der Waals surface area contributed by atoms with Gasteiger partial charge in [0.15, 0.2) is 0 Å². The van der Waals surface area contributed by atoms with Crippen molar-refractivity contribution in [2.45, 2.75) is 18.8 Å². The van der Waals surface area contributed by atoms with Gasteiger partial charge in [-0.1, -0.05) is 11.3 Å². The van der Waals surface area contributed by atoms with Crippen molar-refractivity contribution in [2.75, 3.05) is 19.5 Å². The summed E-state index contributed by atoms with van der Waals surface area (Å²) in [4.78, 5) is 12.0. The van der Waals surface area contributed by atoms with E-state index >= 15 is 0 Å². The van der Waals surface area contributed by atoms with E-state index in [9.17, 15) is 4.79 Å². The highest BCUT2D eigenvalue weighted by Gasteiger charge is 2.27. The minimum absolute atomic E-state index is 0.256. The molecule has 0 aliphatic heterocycles. The predicted octanol–water partition coefficient (Wildman–Crippen LogP) is 3.08. The van der Waals surface area contributed by atoms with Crippen LogP contribution in [0.5, 0.6) is 11.5 Å². The fourth-order valence-corrected chi connectivity index (χ4v) is 2.98. The monoisotopic (exact) mass is 331 g/mol. The second kappa shape index (κ2) is 6.78. The van der Waals surface area contributed by atoms with Crippen LogP contribution in [0.3, 0.4) is 0 Å². The van der Waals surface area contributed by atoms with E-state index < -0.39 is 0 Å². The van der Waals surface area contributed by atoms with Crippen LogP contribution in [0.4, 0.5) is 5.13 Å². The SMILES string of the molecule is COc1ccc(OC)c(/C=C/C(=O)Nc2nnc(C3CC3)s2)c1. The normalized spacial score (nSPS) is 14.0. The molecule has 0 unspecified atom stereocenters. The van der Waals surface area contributed by atoms with Crippen molar-refractivity contribution in [1.29, 1.82) is 0 Å². The average molecular weight is 331 g/mol. The summed E-state index contributed by atoms with van der Waals surface area (Å²) in [5.74, 6) is 1.65. The van der Waals surface area contributed by atoms with Crippen molar-refractivity contribution in [1.82, 2.24) is 10.2 Å². The van der Waals surface area contributed by atoms with Crippen LogP contribution in [0.25, 0.3) is 6.08 Å². The van der Waals surface area contributed by atoms with Gasteiger partial charge in [-0.25, -0.2) is 0 Å². The molecule has 1 heterocycles. The zero-order chi connectivity index (χ0) is 16.2. The van der Waals surface area contributed by atoms with Crippen molar-refractivity contribution < 1.29 is 14.3 Å². The van der Waals surface area contributed by atoms with Crippen molar-refractivity contribution in [2.24, 2.45) is 0 Å². The van der Waals surface area contributed by atoms with Crippen LogP contribution in [-0.4, -0.2) is 30.3 Å². The Hall–Kier alpha value is -2.41. The smallest absolute Gasteiger partial charge is 0.250 e. The fraction of sp³-hybridized carbons (Fsp3) is 0.312. The number of aromatic nitrogens is 2. The number of benzene rings is 1. The highest BCUT2D eigenvalue weighted by Crippen LogP contribution is 2.42. The Labute approximate surface area is 138 Å². The molecule has 1 N–H and O–H groups in total. The lowest BCUT2D eigenvalue weighted by Gasteiger charge is -2.07. The molecule has 1 aromatic heterocycles. The average Bonchev–Trinajstić information content (AvgIpc) is 3.32. The van der Waals surface area contributed by atoms with E-state index in [1.54, 1.807) is 38.5 Å². The molecule has 120 valence electrons. The van der Waals surface area contributed by atoms with Gasteiger partial charge in [0.05, 0.1) is 14.2 Å². The molecular weight excluding hydrogens is 314 g/mol. The van der Waals surface area contributed by atoms with Gasteiger partial charge in [-0.2, -0.15) is 0 Å². The second-order valence-electron chi connectivity index (χ2n) is 5.15. The van der Waals surface area contributed by atoms with E-state index in [1.165, 1.54) is 17.4 Å². The van der Waals surface area contributed by atoms with Crippen LogP contribution in [0.1, 0.15) is 29.3 Å². The Bertz CT molecular complexity index is 738. The zero-order valence-corrected chi connectivity index (χ0v) is 13.7. The molecule has 1 fully saturated rings. The van der Waals surface area contributed by atoms with Gasteiger partial charge < -0.3 is 9.47 Å². The molecule has 1 aliphatic rings. The van der Waals surface area contributed by atoms with Gasteiger partial charge >= 0.3 is 0 Å². The van der Waals surface area contributed by atoms with Crippen LogP contribution in [0.2, 0.25) is 0 Å². The third kappa shape index (κ3) is 3.87. The molecule has 3 rings (SSSR count). The van der Waals surface area contributed by atoms with Gasteiger partial charge in [0.2, 0.25) is 11.0 Å². The quantitative estimate of drug-likeness (QED) is 0.824. The number of carbonyl (C=O) groups excluding carboxylic acids is 1. The van der Waals surface area contributed by atoms with Crippen molar-refractivity contribution in [3.8, 4) is 11.5 Å². The summed E-state index contributed by atoms with van der Waals surface area (Å²) >= 11 is 1.43. The summed E-state index contributed by atoms with van der Waals surface area (Å²) in [5, 5.41) is 12.3. The summed E-state index contributed by atoms with van der Waals surface area (Å²) in [5.41, 5.74) is 0.762. The molecule has 1 saturated carbocycles. The van der Waals surface area contributed by atoms with Crippen LogP contribution >= 0.6 is 11.3 Å². The first-order valence-electron chi connectivity index (χ1n) is 7.24. The minimum atomic E-state index is -0.256. The maximum absolute atomic E-state index is 12.0. The van der Waals surface area contributed by atoms with Crippen molar-refractivity contribution in [3.63, 3.8) is 0 Å². The molecule has 1 aromatic carbocycles. The Morgan fingerprint density at radius 3 is 2.83 bits per heavy atom. The topological polar surface area (TPSA) is 73.3 Å². The molecule has 0 saturated heterocycles. The third-order valence-electron chi connectivity index (χ3n) is 3.45. The Morgan fingerprint density at radius 2 is 2.13 bits per heavy atom. The number of nitrogens with one attached hydrogen (secondary N) is 1. The highest BCUT2D eigenvalue weighted by molar-refractivity contribution is 7.15. The number of carbonyl (C=O) groups is 1. The molecule has 6 nitrogen and oxygen atoms in total. The van der Waals surface area contributed by atoms with Crippen molar-refractivity contribution in [3.05, 3.63) is 34.8 Å². The molecule has 0 atom stereocenters. The molecule has 2 aromatic rings. The molecule has 0 bridgehead atoms. The van der Waals surface area contributed by atoms with Gasteiger partial charge in [-0.05, 0) is 37.1 Å². The number of rotatable bonds is 6. The minimum Gasteiger partial charge on any atom is -0.497 e. The predicted molar refractivity (Wildman–Crippen MR) is 89.1 cm³/mol. The first-order chi connectivity index (χ1) is 11.2. The number of hydrogen-bond acceptors (Lipinski definition) is 6. The highest BCUT2D eigenvalue weighted by atomic mass is 32.1. The molecular formula is C16H17N3O3S. The van der Waals surface area contributed by atoms with Crippen molar-refractivity contribution >= 4 is 28.5 Å². The molecule has 1 aliphatic carbocycles. The summed E-state index contributed by atoms with van der Waals surface area (Å²) < 4.78 is 10.5. The van der Waals surface area contributed by atoms with E-state index in [2.05, 4.69) is 15.5 Å². The largest absolute Gasteiger partial charge is 0.497 e. The van der Waals surface area contributed by atoms with Crippen LogP contribution in [0, 0.1) is 0 Å². The number of hydrogen-bond donors (Lipinski definition) is 1. The molecule has 7 heteroatoms. The van der Waals surface area contributed by atoms with E-state index in [4.69, 9.17) is 9.47 Å². The molecule has 23 heavy (non-hydrogen) atoms. The Morgan fingerprint density at radius 1 is 1.30 bits per heavy atom. The lowest BCUT2D eigenvalue weighted by Crippen LogP contribution is -2.07. The van der Waals surface area contributed by atoms with E-state index in [0.717, 1.165) is 23.4 Å². The molecule has 1 amide bonds. The van der Waals surface area contributed by atoms with Crippen LogP contribution in [-0.2, 0) is 4.79 Å². The van der Waals surface area contributed by atoms with Crippen LogP contribution < -0.4 is 14.8 Å². The van der Waals surface area contributed by atoms with E-state index in [1.807, 2.05) is 0 Å². The lowest BCUT2D eigenvalue weighted by atomic mass is 10.1. The maximum atomic E-state index is 12.0. The van der Waals surface area contributed by atoms with Gasteiger partial charge in [0.25, 0.3) is 0 Å². The third-order valence-corrected chi connectivity index (χ3v) is 4.45. The second-order valence-corrected chi connectivity index (χ2v) is 6.16. The van der Waals surface area contributed by atoms with E-state index in [0.29, 0.717) is 22.5 Å². The number of anilines is 1. The van der Waals surface area contributed by atoms with Gasteiger partial charge in [-0.3, -0.25) is 10.1 Å². The molecule has 0 radical (unpaired) electrons. The summed E-state index contributed by atoms with van der Waals surface area (Å²) in [7, 11) is 3.18. The van der Waals surface area contributed by atoms with Crippen LogP contribution in [0.15, 0.2) is 24.3 Å². The van der Waals surface area contributed by atoms with Gasteiger partial charge in [0, 0.05) is 17.6 Å². The Kier molecular flexibility index (Phi) is 4.57. The lowest BCUT2D eigenvalue weighted by molar-refractivity contribution is -0.111. The number of ether oxygens (including phenoxy) is 2. The van der Waals surface area contributed by atoms with E-state index in [-0.39, 0.29) is 5.91 Å². The standard InChI is InChI=1S/C16H17N3O3S/c1-21-12-6-7-13(22-2)11(9-12)5-8-14(20)17-16-19-18-15(23-16)10-3-4-10/h5-10H,3-4H2,1-2H3,(H,17,19,20)/b8-5+. The first-order valence-corrected chi connectivity index (χ1v) is 8.05. The number of nitrogens with zero attached hydrogens (tertiary/aromatic N) is 2. The zero-order valence-electron chi connectivity index (χ0n) is 12.9. The summed E-state index contributed by atoms with van der Waals surface area (Å²) in [6.45, 7) is 0. The van der Waals surface area contributed by atoms with Gasteiger partial charge in [0.1, 0.15) is 16.5 Å².